The van der Waals surface area contributed by atoms with Gasteiger partial charge in [-0.3, -0.25) is 0 Å². The highest BCUT2D eigenvalue weighted by atomic mass is 79.9. The molecule has 72 valence electrons. The molecule has 3 heteroatoms. The van der Waals surface area contributed by atoms with Gasteiger partial charge in [0.1, 0.15) is 5.75 Å². The van der Waals surface area contributed by atoms with Crippen LogP contribution in [0.4, 0.5) is 5.69 Å². The SMILES string of the molecule is CC(C)Oc1ccccc1NCBr. The average molecular weight is 244 g/mol. The number of anilines is 1. The summed E-state index contributed by atoms with van der Waals surface area (Å²) in [6.07, 6.45) is 0.207. The zero-order chi connectivity index (χ0) is 9.68. The van der Waals surface area contributed by atoms with E-state index in [2.05, 4.69) is 21.2 Å². The number of hydrogen-bond donors (Lipinski definition) is 1. The van der Waals surface area contributed by atoms with Crippen molar-refractivity contribution in [2.75, 3.05) is 10.8 Å². The van der Waals surface area contributed by atoms with Gasteiger partial charge < -0.3 is 10.1 Å². The number of para-hydroxylation sites is 2. The molecule has 0 aliphatic heterocycles. The van der Waals surface area contributed by atoms with Crippen LogP contribution >= 0.6 is 15.9 Å². The third kappa shape index (κ3) is 3.27. The van der Waals surface area contributed by atoms with Crippen LogP contribution in [0.15, 0.2) is 24.3 Å². The number of rotatable bonds is 4. The number of nitrogens with one attached hydrogen (secondary N) is 1. The highest BCUT2D eigenvalue weighted by molar-refractivity contribution is 9.09. The summed E-state index contributed by atoms with van der Waals surface area (Å²) in [6.45, 7) is 4.04. The molecule has 0 fully saturated rings. The molecule has 0 aliphatic rings. The van der Waals surface area contributed by atoms with Crippen LogP contribution in [0.5, 0.6) is 5.75 Å². The minimum Gasteiger partial charge on any atom is -0.489 e. The van der Waals surface area contributed by atoms with Gasteiger partial charge in [-0.2, -0.15) is 0 Å². The van der Waals surface area contributed by atoms with E-state index in [1.807, 2.05) is 38.1 Å². The van der Waals surface area contributed by atoms with Gasteiger partial charge in [0.2, 0.25) is 0 Å². The minimum absolute atomic E-state index is 0.207. The van der Waals surface area contributed by atoms with Crippen molar-refractivity contribution in [2.24, 2.45) is 0 Å². The molecule has 0 atom stereocenters. The van der Waals surface area contributed by atoms with Crippen molar-refractivity contribution in [3.05, 3.63) is 24.3 Å². The van der Waals surface area contributed by atoms with Crippen molar-refractivity contribution in [1.82, 2.24) is 0 Å². The van der Waals surface area contributed by atoms with Crippen LogP contribution in [0.25, 0.3) is 0 Å². The number of benzene rings is 1. The van der Waals surface area contributed by atoms with Crippen molar-refractivity contribution in [2.45, 2.75) is 20.0 Å². The van der Waals surface area contributed by atoms with Crippen LogP contribution in [0.1, 0.15) is 13.8 Å². The van der Waals surface area contributed by atoms with E-state index in [9.17, 15) is 0 Å². The van der Waals surface area contributed by atoms with Crippen molar-refractivity contribution < 1.29 is 4.74 Å². The topological polar surface area (TPSA) is 21.3 Å². The smallest absolute Gasteiger partial charge is 0.142 e. The van der Waals surface area contributed by atoms with Gasteiger partial charge in [-0.1, -0.05) is 28.1 Å². The summed E-state index contributed by atoms with van der Waals surface area (Å²) < 4.78 is 5.61. The van der Waals surface area contributed by atoms with Crippen molar-refractivity contribution in [3.8, 4) is 5.75 Å². The molecule has 0 aliphatic carbocycles. The minimum atomic E-state index is 0.207. The van der Waals surface area contributed by atoms with Crippen LogP contribution in [0, 0.1) is 0 Å². The van der Waals surface area contributed by atoms with E-state index >= 15 is 0 Å². The molecule has 1 rings (SSSR count). The summed E-state index contributed by atoms with van der Waals surface area (Å²) in [7, 11) is 0. The third-order valence-electron chi connectivity index (χ3n) is 1.51. The Balaban J connectivity index is 2.78. The molecule has 1 aromatic rings. The Morgan fingerprint density at radius 2 is 2.08 bits per heavy atom. The van der Waals surface area contributed by atoms with Gasteiger partial charge in [-0.15, -0.1) is 0 Å². The first-order valence-electron chi connectivity index (χ1n) is 4.29. The Morgan fingerprint density at radius 1 is 1.38 bits per heavy atom. The summed E-state index contributed by atoms with van der Waals surface area (Å²) in [6, 6.07) is 7.92. The Hall–Kier alpha value is -0.700. The second-order valence-corrected chi connectivity index (χ2v) is 3.53. The Morgan fingerprint density at radius 3 is 2.69 bits per heavy atom. The van der Waals surface area contributed by atoms with Crippen molar-refractivity contribution >= 4 is 21.6 Å². The van der Waals surface area contributed by atoms with E-state index in [-0.39, 0.29) is 6.10 Å². The Labute approximate surface area is 87.4 Å². The van der Waals surface area contributed by atoms with E-state index in [0.29, 0.717) is 0 Å². The molecule has 1 N–H and O–H groups in total. The maximum absolute atomic E-state index is 5.61. The fraction of sp³-hybridized carbons (Fsp3) is 0.400. The van der Waals surface area contributed by atoms with Crippen LogP contribution in [0.3, 0.4) is 0 Å². The standard InChI is InChI=1S/C10H14BrNO/c1-8(2)13-10-6-4-3-5-9(10)12-7-11/h3-6,8,12H,7H2,1-2H3. The fourth-order valence-corrected chi connectivity index (χ4v) is 1.34. The fourth-order valence-electron chi connectivity index (χ4n) is 1.04. The number of alkyl halides is 1. The quantitative estimate of drug-likeness (QED) is 0.648. The maximum atomic E-state index is 5.61. The lowest BCUT2D eigenvalue weighted by Crippen LogP contribution is -2.07. The molecule has 0 unspecified atom stereocenters. The lowest BCUT2D eigenvalue weighted by atomic mass is 10.3. The van der Waals surface area contributed by atoms with Gasteiger partial charge in [0.15, 0.2) is 0 Å². The molecular weight excluding hydrogens is 230 g/mol. The first-order chi connectivity index (χ1) is 6.24. The molecule has 0 spiro atoms. The number of hydrogen-bond acceptors (Lipinski definition) is 2. The van der Waals surface area contributed by atoms with Crippen LogP contribution in [-0.2, 0) is 0 Å². The lowest BCUT2D eigenvalue weighted by molar-refractivity contribution is 0.243. The first-order valence-corrected chi connectivity index (χ1v) is 5.41. The summed E-state index contributed by atoms with van der Waals surface area (Å²) >= 11 is 3.32. The van der Waals surface area contributed by atoms with Crippen LogP contribution in [-0.4, -0.2) is 11.6 Å². The molecule has 0 heterocycles. The predicted octanol–water partition coefficient (Wildman–Crippen LogP) is 3.24. The molecular formula is C10H14BrNO. The van der Waals surface area contributed by atoms with E-state index in [0.717, 1.165) is 16.9 Å². The zero-order valence-corrected chi connectivity index (χ0v) is 9.47. The van der Waals surface area contributed by atoms with Gasteiger partial charge in [0.25, 0.3) is 0 Å². The van der Waals surface area contributed by atoms with Crippen LogP contribution < -0.4 is 10.1 Å². The Bertz CT molecular complexity index is 263. The molecule has 0 amide bonds. The molecule has 0 aromatic heterocycles. The molecule has 13 heavy (non-hydrogen) atoms. The van der Waals surface area contributed by atoms with E-state index in [4.69, 9.17) is 4.74 Å². The van der Waals surface area contributed by atoms with Crippen LogP contribution in [0.2, 0.25) is 0 Å². The van der Waals surface area contributed by atoms with Gasteiger partial charge in [-0.25, -0.2) is 0 Å². The normalized spacial score (nSPS) is 10.2. The second-order valence-electron chi connectivity index (χ2n) is 2.97. The molecule has 0 radical (unpaired) electrons. The number of halogens is 1. The lowest BCUT2D eigenvalue weighted by Gasteiger charge is -2.14. The highest BCUT2D eigenvalue weighted by Gasteiger charge is 2.02. The largest absolute Gasteiger partial charge is 0.489 e. The average Bonchev–Trinajstić information content (AvgIpc) is 2.08. The molecule has 0 saturated carbocycles. The second kappa shape index (κ2) is 5.12. The molecule has 2 nitrogen and oxygen atoms in total. The zero-order valence-electron chi connectivity index (χ0n) is 7.88. The molecule has 1 aromatic carbocycles. The van der Waals surface area contributed by atoms with Gasteiger partial charge >= 0.3 is 0 Å². The maximum Gasteiger partial charge on any atom is 0.142 e. The molecule has 0 bridgehead atoms. The summed E-state index contributed by atoms with van der Waals surface area (Å²) in [4.78, 5) is 0. The van der Waals surface area contributed by atoms with E-state index in [1.54, 1.807) is 0 Å². The third-order valence-corrected chi connectivity index (χ3v) is 1.79. The highest BCUT2D eigenvalue weighted by Crippen LogP contribution is 2.24. The summed E-state index contributed by atoms with van der Waals surface area (Å²) in [5.41, 5.74) is 1.75. The summed E-state index contributed by atoms with van der Waals surface area (Å²) in [5, 5.41) is 3.17. The van der Waals surface area contributed by atoms with Gasteiger partial charge in [0.05, 0.1) is 17.2 Å². The first kappa shape index (κ1) is 10.4. The van der Waals surface area contributed by atoms with E-state index in [1.165, 1.54) is 0 Å². The summed E-state index contributed by atoms with van der Waals surface area (Å²) in [5.74, 6) is 0.900. The van der Waals surface area contributed by atoms with Gasteiger partial charge in [-0.05, 0) is 26.0 Å². The van der Waals surface area contributed by atoms with Crippen molar-refractivity contribution in [3.63, 3.8) is 0 Å². The monoisotopic (exact) mass is 243 g/mol. The van der Waals surface area contributed by atoms with E-state index < -0.39 is 0 Å². The Kier molecular flexibility index (Phi) is 4.09. The van der Waals surface area contributed by atoms with Crippen molar-refractivity contribution in [1.29, 1.82) is 0 Å². The van der Waals surface area contributed by atoms with Gasteiger partial charge in [0, 0.05) is 0 Å². The molecule has 0 saturated heterocycles. The predicted molar refractivity (Wildman–Crippen MR) is 59.6 cm³/mol. The number of ether oxygens (including phenoxy) is 1.